The highest BCUT2D eigenvalue weighted by molar-refractivity contribution is 5.86. The minimum Gasteiger partial charge on any atom is -0.479 e. The van der Waals surface area contributed by atoms with E-state index in [1.807, 2.05) is 0 Å². The summed E-state index contributed by atoms with van der Waals surface area (Å²) in [5.74, 6) is -2.04. The van der Waals surface area contributed by atoms with E-state index in [0.717, 1.165) is 6.07 Å². The van der Waals surface area contributed by atoms with Gasteiger partial charge in [-0.15, -0.1) is 0 Å². The van der Waals surface area contributed by atoms with Crippen molar-refractivity contribution in [3.05, 3.63) is 35.6 Å². The molecule has 116 valence electrons. The van der Waals surface area contributed by atoms with Crippen molar-refractivity contribution in [3.8, 4) is 0 Å². The van der Waals surface area contributed by atoms with E-state index in [9.17, 15) is 19.1 Å². The van der Waals surface area contributed by atoms with Crippen molar-refractivity contribution < 1.29 is 23.8 Å². The zero-order valence-corrected chi connectivity index (χ0v) is 12.6. The van der Waals surface area contributed by atoms with Gasteiger partial charge in [0, 0.05) is 5.56 Å². The van der Waals surface area contributed by atoms with Gasteiger partial charge in [0.1, 0.15) is 11.4 Å². The van der Waals surface area contributed by atoms with Gasteiger partial charge in [0.2, 0.25) is 0 Å². The van der Waals surface area contributed by atoms with Gasteiger partial charge in [-0.1, -0.05) is 25.1 Å². The molecule has 1 atom stereocenters. The lowest BCUT2D eigenvalue weighted by Gasteiger charge is -2.31. The summed E-state index contributed by atoms with van der Waals surface area (Å²) < 4.78 is 19.0. The van der Waals surface area contributed by atoms with Gasteiger partial charge in [-0.05, 0) is 33.3 Å². The average Bonchev–Trinajstić information content (AvgIpc) is 2.34. The molecule has 0 saturated carbocycles. The smallest absolute Gasteiger partial charge is 0.408 e. The molecule has 21 heavy (non-hydrogen) atoms. The first-order valence-corrected chi connectivity index (χ1v) is 6.62. The Bertz CT molecular complexity index is 539. The van der Waals surface area contributed by atoms with Crippen LogP contribution in [0.5, 0.6) is 0 Å². The Morgan fingerprint density at radius 2 is 1.86 bits per heavy atom. The van der Waals surface area contributed by atoms with Gasteiger partial charge < -0.3 is 15.2 Å². The summed E-state index contributed by atoms with van der Waals surface area (Å²) >= 11 is 0. The second-order valence-corrected chi connectivity index (χ2v) is 5.67. The van der Waals surface area contributed by atoms with E-state index < -0.39 is 29.0 Å². The van der Waals surface area contributed by atoms with Crippen LogP contribution < -0.4 is 5.32 Å². The van der Waals surface area contributed by atoms with Crippen molar-refractivity contribution in [1.82, 2.24) is 5.32 Å². The SMILES string of the molecule is CCC(NC(=O)OC(C)(C)C)(C(=O)O)c1ccccc1F. The van der Waals surface area contributed by atoms with Crippen LogP contribution in [0.4, 0.5) is 9.18 Å². The van der Waals surface area contributed by atoms with Gasteiger partial charge in [-0.25, -0.2) is 14.0 Å². The van der Waals surface area contributed by atoms with Crippen LogP contribution in [-0.4, -0.2) is 22.8 Å². The summed E-state index contributed by atoms with van der Waals surface area (Å²) in [7, 11) is 0. The van der Waals surface area contributed by atoms with Crippen molar-refractivity contribution in [2.45, 2.75) is 45.3 Å². The van der Waals surface area contributed by atoms with Crippen molar-refractivity contribution in [2.24, 2.45) is 0 Å². The van der Waals surface area contributed by atoms with Crippen LogP contribution in [0.3, 0.4) is 0 Å². The maximum atomic E-state index is 14.0. The lowest BCUT2D eigenvalue weighted by molar-refractivity contribution is -0.145. The summed E-state index contributed by atoms with van der Waals surface area (Å²) in [5.41, 5.74) is -2.75. The van der Waals surface area contributed by atoms with Gasteiger partial charge in [0.25, 0.3) is 0 Å². The molecule has 0 aromatic heterocycles. The molecule has 0 aliphatic rings. The summed E-state index contributed by atoms with van der Waals surface area (Å²) in [6.07, 6.45) is -0.933. The number of carboxylic acids is 1. The highest BCUT2D eigenvalue weighted by atomic mass is 19.1. The number of hydrogen-bond donors (Lipinski definition) is 2. The Morgan fingerprint density at radius 3 is 2.29 bits per heavy atom. The molecule has 1 rings (SSSR count). The number of hydrogen-bond acceptors (Lipinski definition) is 3. The molecule has 1 amide bonds. The Labute approximate surface area is 123 Å². The molecule has 6 heteroatoms. The highest BCUT2D eigenvalue weighted by Crippen LogP contribution is 2.28. The molecule has 2 N–H and O–H groups in total. The second-order valence-electron chi connectivity index (χ2n) is 5.67. The fraction of sp³-hybridized carbons (Fsp3) is 0.467. The molecular weight excluding hydrogens is 277 g/mol. The molecule has 0 fully saturated rings. The molecular formula is C15H20FNO4. The van der Waals surface area contributed by atoms with Crippen LogP contribution in [0, 0.1) is 5.82 Å². The summed E-state index contributed by atoms with van der Waals surface area (Å²) in [5, 5.41) is 11.8. The number of benzene rings is 1. The standard InChI is InChI=1S/C15H20FNO4/c1-5-15(12(18)19,10-8-6-7-9-11(10)16)17-13(20)21-14(2,3)4/h6-9H,5H2,1-4H3,(H,17,20)(H,18,19). The third-order valence-electron chi connectivity index (χ3n) is 2.94. The summed E-state index contributed by atoms with van der Waals surface area (Å²) in [6, 6.07) is 5.46. The molecule has 0 spiro atoms. The molecule has 0 heterocycles. The first-order valence-electron chi connectivity index (χ1n) is 6.62. The fourth-order valence-corrected chi connectivity index (χ4v) is 1.95. The number of amides is 1. The van der Waals surface area contributed by atoms with Crippen LogP contribution in [0.15, 0.2) is 24.3 Å². The summed E-state index contributed by atoms with van der Waals surface area (Å²) in [6.45, 7) is 6.52. The first kappa shape index (κ1) is 16.9. The Hall–Kier alpha value is -2.11. The number of carbonyl (C=O) groups is 2. The van der Waals surface area contributed by atoms with Crippen LogP contribution in [0.25, 0.3) is 0 Å². The van der Waals surface area contributed by atoms with Crippen molar-refractivity contribution >= 4 is 12.1 Å². The zero-order valence-electron chi connectivity index (χ0n) is 12.6. The second kappa shape index (κ2) is 6.11. The van der Waals surface area contributed by atoms with Gasteiger partial charge in [0.15, 0.2) is 5.54 Å². The van der Waals surface area contributed by atoms with E-state index in [2.05, 4.69) is 5.32 Å². The Balaban J connectivity index is 3.20. The fourth-order valence-electron chi connectivity index (χ4n) is 1.95. The number of aliphatic carboxylic acids is 1. The Kier molecular flexibility index (Phi) is 4.93. The van der Waals surface area contributed by atoms with E-state index in [1.165, 1.54) is 18.2 Å². The normalized spacial score (nSPS) is 14.1. The number of rotatable bonds is 4. The number of carbonyl (C=O) groups excluding carboxylic acids is 1. The molecule has 0 aliphatic heterocycles. The minimum absolute atomic E-state index is 0.0253. The quantitative estimate of drug-likeness (QED) is 0.895. The average molecular weight is 297 g/mol. The monoisotopic (exact) mass is 297 g/mol. The van der Waals surface area contributed by atoms with Crippen molar-refractivity contribution in [2.75, 3.05) is 0 Å². The minimum atomic E-state index is -1.87. The van der Waals surface area contributed by atoms with Crippen LogP contribution in [0.2, 0.25) is 0 Å². The third-order valence-corrected chi connectivity index (χ3v) is 2.94. The number of carboxylic acid groups (broad SMARTS) is 1. The van der Waals surface area contributed by atoms with Gasteiger partial charge in [-0.2, -0.15) is 0 Å². The maximum absolute atomic E-state index is 14.0. The lowest BCUT2D eigenvalue weighted by atomic mass is 9.87. The van der Waals surface area contributed by atoms with E-state index >= 15 is 0 Å². The predicted molar refractivity (Wildman–Crippen MR) is 75.4 cm³/mol. The maximum Gasteiger partial charge on any atom is 0.408 e. The van der Waals surface area contributed by atoms with Crippen LogP contribution in [-0.2, 0) is 15.1 Å². The molecule has 1 aromatic rings. The van der Waals surface area contributed by atoms with Crippen LogP contribution >= 0.6 is 0 Å². The Morgan fingerprint density at radius 1 is 1.29 bits per heavy atom. The van der Waals surface area contributed by atoms with E-state index in [1.54, 1.807) is 27.7 Å². The molecule has 0 aliphatic carbocycles. The largest absolute Gasteiger partial charge is 0.479 e. The van der Waals surface area contributed by atoms with Crippen LogP contribution in [0.1, 0.15) is 39.7 Å². The highest BCUT2D eigenvalue weighted by Gasteiger charge is 2.43. The van der Waals surface area contributed by atoms with Gasteiger partial charge >= 0.3 is 12.1 Å². The molecule has 0 bridgehead atoms. The van der Waals surface area contributed by atoms with Crippen molar-refractivity contribution in [3.63, 3.8) is 0 Å². The number of alkyl carbamates (subject to hydrolysis) is 1. The zero-order chi connectivity index (χ0) is 16.3. The molecule has 0 saturated heterocycles. The molecule has 1 aromatic carbocycles. The van der Waals surface area contributed by atoms with E-state index in [4.69, 9.17) is 4.74 Å². The topological polar surface area (TPSA) is 75.6 Å². The first-order chi connectivity index (χ1) is 9.62. The molecule has 1 unspecified atom stereocenters. The van der Waals surface area contributed by atoms with Gasteiger partial charge in [0.05, 0.1) is 0 Å². The molecule has 0 radical (unpaired) electrons. The third kappa shape index (κ3) is 3.93. The predicted octanol–water partition coefficient (Wildman–Crippen LogP) is 3.04. The van der Waals surface area contributed by atoms with Crippen molar-refractivity contribution in [1.29, 1.82) is 0 Å². The van der Waals surface area contributed by atoms with E-state index in [0.29, 0.717) is 0 Å². The van der Waals surface area contributed by atoms with Gasteiger partial charge in [-0.3, -0.25) is 0 Å². The van der Waals surface area contributed by atoms with E-state index in [-0.39, 0.29) is 12.0 Å². The lowest BCUT2D eigenvalue weighted by Crippen LogP contribution is -2.53. The number of ether oxygens (including phenoxy) is 1. The summed E-state index contributed by atoms with van der Waals surface area (Å²) in [4.78, 5) is 23.6. The number of nitrogens with one attached hydrogen (secondary N) is 1. The molecule has 5 nitrogen and oxygen atoms in total. The number of halogens is 1.